The van der Waals surface area contributed by atoms with E-state index in [1.165, 1.54) is 9.77 Å². The number of nitrogen functional groups attached to an aromatic ring is 1. The van der Waals surface area contributed by atoms with Gasteiger partial charge in [0, 0.05) is 27.4 Å². The van der Waals surface area contributed by atoms with E-state index in [2.05, 4.69) is 17.1 Å². The van der Waals surface area contributed by atoms with Gasteiger partial charge in [0.2, 0.25) is 0 Å². The van der Waals surface area contributed by atoms with Crippen molar-refractivity contribution in [2.45, 2.75) is 24.5 Å². The molecule has 0 saturated heterocycles. The lowest BCUT2D eigenvalue weighted by molar-refractivity contribution is 1.28. The molecule has 0 spiro atoms. The molecule has 2 aromatic rings. The fraction of sp³-hybridized carbons (Fsp3) is 0.250. The lowest BCUT2D eigenvalue weighted by Gasteiger charge is -2.03. The molecule has 0 atom stereocenters. The van der Waals surface area contributed by atoms with Gasteiger partial charge < -0.3 is 5.73 Å². The summed E-state index contributed by atoms with van der Waals surface area (Å²) in [6.07, 6.45) is 1.96. The molecule has 0 aliphatic carbocycles. The summed E-state index contributed by atoms with van der Waals surface area (Å²) in [6, 6.07) is 6.17. The van der Waals surface area contributed by atoms with E-state index in [4.69, 9.17) is 5.73 Å². The van der Waals surface area contributed by atoms with Gasteiger partial charge in [-0.25, -0.2) is 4.98 Å². The zero-order valence-corrected chi connectivity index (χ0v) is 11.0. The second-order valence-corrected chi connectivity index (χ2v) is 6.02. The van der Waals surface area contributed by atoms with Gasteiger partial charge in [0.05, 0.1) is 5.01 Å². The summed E-state index contributed by atoms with van der Waals surface area (Å²) in [4.78, 5) is 6.82. The number of thiazole rings is 1. The van der Waals surface area contributed by atoms with Crippen molar-refractivity contribution in [2.24, 2.45) is 0 Å². The molecular weight excluding hydrogens is 236 g/mol. The van der Waals surface area contributed by atoms with E-state index in [0.717, 1.165) is 22.0 Å². The number of hydrogen-bond acceptors (Lipinski definition) is 4. The normalized spacial score (nSPS) is 10.6. The Balaban J connectivity index is 2.02. The third-order valence-electron chi connectivity index (χ3n) is 2.29. The number of aryl methyl sites for hydroxylation is 2. The Kier molecular flexibility index (Phi) is 3.51. The fourth-order valence-corrected chi connectivity index (χ4v) is 3.18. The van der Waals surface area contributed by atoms with Gasteiger partial charge in [-0.2, -0.15) is 0 Å². The molecule has 0 fully saturated rings. The average Bonchev–Trinajstić information content (AvgIpc) is 2.66. The van der Waals surface area contributed by atoms with Crippen molar-refractivity contribution in [2.75, 3.05) is 5.73 Å². The average molecular weight is 250 g/mol. The fourth-order valence-electron chi connectivity index (χ4n) is 1.36. The molecule has 0 unspecified atom stereocenters. The first-order valence-electron chi connectivity index (χ1n) is 5.05. The minimum Gasteiger partial charge on any atom is -0.399 e. The molecule has 84 valence electrons. The first-order valence-corrected chi connectivity index (χ1v) is 6.85. The number of aromatic nitrogens is 1. The van der Waals surface area contributed by atoms with Crippen LogP contribution in [0, 0.1) is 13.8 Å². The summed E-state index contributed by atoms with van der Waals surface area (Å²) in [6.45, 7) is 4.07. The Morgan fingerprint density at radius 1 is 1.38 bits per heavy atom. The Bertz CT molecular complexity index is 492. The van der Waals surface area contributed by atoms with Crippen LogP contribution in [0.1, 0.15) is 15.4 Å². The lowest BCUT2D eigenvalue weighted by Crippen LogP contribution is -1.88. The number of rotatable bonds is 3. The van der Waals surface area contributed by atoms with Gasteiger partial charge in [-0.1, -0.05) is 0 Å². The van der Waals surface area contributed by atoms with Crippen LogP contribution in [0.15, 0.2) is 29.3 Å². The van der Waals surface area contributed by atoms with Crippen LogP contribution in [-0.4, -0.2) is 4.98 Å². The van der Waals surface area contributed by atoms with Crippen LogP contribution < -0.4 is 5.73 Å². The molecular formula is C12H14N2S2. The monoisotopic (exact) mass is 250 g/mol. The first-order chi connectivity index (χ1) is 7.65. The molecule has 0 bridgehead atoms. The van der Waals surface area contributed by atoms with E-state index in [9.17, 15) is 0 Å². The predicted molar refractivity (Wildman–Crippen MR) is 72.0 cm³/mol. The Hall–Kier alpha value is -1.00. The van der Waals surface area contributed by atoms with Gasteiger partial charge >= 0.3 is 0 Å². The van der Waals surface area contributed by atoms with E-state index in [-0.39, 0.29) is 0 Å². The summed E-state index contributed by atoms with van der Waals surface area (Å²) in [7, 11) is 0. The highest BCUT2D eigenvalue weighted by atomic mass is 32.2. The number of benzene rings is 1. The van der Waals surface area contributed by atoms with Crippen molar-refractivity contribution in [3.05, 3.63) is 39.8 Å². The Labute approximate surface area is 104 Å². The molecule has 2 rings (SSSR count). The third kappa shape index (κ3) is 2.77. The molecule has 2 nitrogen and oxygen atoms in total. The maximum atomic E-state index is 5.78. The number of hydrogen-bond donors (Lipinski definition) is 1. The highest BCUT2D eigenvalue weighted by Gasteiger charge is 2.01. The third-order valence-corrected chi connectivity index (χ3v) is 4.43. The van der Waals surface area contributed by atoms with Crippen LogP contribution in [0.25, 0.3) is 0 Å². The van der Waals surface area contributed by atoms with E-state index in [1.807, 2.05) is 37.9 Å². The minimum atomic E-state index is 0.859. The first kappa shape index (κ1) is 11.5. The molecule has 0 aliphatic rings. The van der Waals surface area contributed by atoms with Crippen molar-refractivity contribution in [3.63, 3.8) is 0 Å². The highest BCUT2D eigenvalue weighted by Crippen LogP contribution is 2.27. The van der Waals surface area contributed by atoms with E-state index >= 15 is 0 Å². The molecule has 0 aliphatic heterocycles. The van der Waals surface area contributed by atoms with E-state index < -0.39 is 0 Å². The van der Waals surface area contributed by atoms with Gasteiger partial charge in [0.15, 0.2) is 0 Å². The van der Waals surface area contributed by atoms with E-state index in [0.29, 0.717) is 0 Å². The van der Waals surface area contributed by atoms with Gasteiger partial charge in [0.25, 0.3) is 0 Å². The standard InChI is InChI=1S/C12H14N2S2/c1-8-5-10(3-4-12(8)13)15-7-11-6-14-9(2)16-11/h3-6H,7,13H2,1-2H3. The summed E-state index contributed by atoms with van der Waals surface area (Å²) in [5.74, 6) is 0.981. The molecule has 16 heavy (non-hydrogen) atoms. The molecule has 2 N–H and O–H groups in total. The number of thioether (sulfide) groups is 1. The predicted octanol–water partition coefficient (Wildman–Crippen LogP) is 3.63. The van der Waals surface area contributed by atoms with Crippen LogP contribution in [-0.2, 0) is 5.75 Å². The molecule has 0 amide bonds. The maximum Gasteiger partial charge on any atom is 0.0897 e. The maximum absolute atomic E-state index is 5.78. The summed E-state index contributed by atoms with van der Waals surface area (Å²) < 4.78 is 0. The van der Waals surface area contributed by atoms with Crippen LogP contribution in [0.5, 0.6) is 0 Å². The zero-order chi connectivity index (χ0) is 11.5. The second-order valence-electron chi connectivity index (χ2n) is 3.65. The van der Waals surface area contributed by atoms with Crippen LogP contribution in [0.3, 0.4) is 0 Å². The SMILES string of the molecule is Cc1ncc(CSc2ccc(N)c(C)c2)s1. The van der Waals surface area contributed by atoms with Crippen molar-refractivity contribution < 1.29 is 0 Å². The van der Waals surface area contributed by atoms with Gasteiger partial charge in [0.1, 0.15) is 0 Å². The Morgan fingerprint density at radius 3 is 2.81 bits per heavy atom. The second kappa shape index (κ2) is 4.89. The minimum absolute atomic E-state index is 0.859. The molecule has 0 radical (unpaired) electrons. The van der Waals surface area contributed by atoms with Gasteiger partial charge in [-0.05, 0) is 37.6 Å². The quantitative estimate of drug-likeness (QED) is 0.668. The molecule has 0 saturated carbocycles. The summed E-state index contributed by atoms with van der Waals surface area (Å²) in [5.41, 5.74) is 7.79. The topological polar surface area (TPSA) is 38.9 Å². The van der Waals surface area contributed by atoms with Crippen molar-refractivity contribution in [1.29, 1.82) is 0 Å². The van der Waals surface area contributed by atoms with Crippen LogP contribution in [0.2, 0.25) is 0 Å². The van der Waals surface area contributed by atoms with Crippen LogP contribution in [0.4, 0.5) is 5.69 Å². The van der Waals surface area contributed by atoms with Crippen molar-refractivity contribution >= 4 is 28.8 Å². The molecule has 1 aromatic carbocycles. The number of nitrogens with two attached hydrogens (primary N) is 1. The highest BCUT2D eigenvalue weighted by molar-refractivity contribution is 7.98. The summed E-state index contributed by atoms with van der Waals surface area (Å²) in [5, 5.41) is 1.13. The van der Waals surface area contributed by atoms with Gasteiger partial charge in [-0.15, -0.1) is 23.1 Å². The Morgan fingerprint density at radius 2 is 2.19 bits per heavy atom. The number of anilines is 1. The molecule has 4 heteroatoms. The lowest BCUT2D eigenvalue weighted by atomic mass is 10.2. The van der Waals surface area contributed by atoms with Crippen molar-refractivity contribution in [1.82, 2.24) is 4.98 Å². The summed E-state index contributed by atoms with van der Waals surface area (Å²) >= 11 is 3.58. The number of nitrogens with zero attached hydrogens (tertiary/aromatic N) is 1. The van der Waals surface area contributed by atoms with E-state index in [1.54, 1.807) is 11.3 Å². The molecule has 1 heterocycles. The van der Waals surface area contributed by atoms with Gasteiger partial charge in [-0.3, -0.25) is 0 Å². The van der Waals surface area contributed by atoms with Crippen LogP contribution >= 0.6 is 23.1 Å². The smallest absolute Gasteiger partial charge is 0.0897 e. The largest absolute Gasteiger partial charge is 0.399 e. The van der Waals surface area contributed by atoms with Crippen molar-refractivity contribution in [3.8, 4) is 0 Å². The zero-order valence-electron chi connectivity index (χ0n) is 9.36. The molecule has 1 aromatic heterocycles.